The third-order valence-corrected chi connectivity index (χ3v) is 3.81. The van der Waals surface area contributed by atoms with Crippen LogP contribution < -0.4 is 10.1 Å². The van der Waals surface area contributed by atoms with Gasteiger partial charge in [0.05, 0.1) is 0 Å². The highest BCUT2D eigenvalue weighted by Gasteiger charge is 2.10. The van der Waals surface area contributed by atoms with Crippen LogP contribution >= 0.6 is 0 Å². The van der Waals surface area contributed by atoms with Gasteiger partial charge in [-0.05, 0) is 29.7 Å². The number of rotatable bonds is 8. The minimum Gasteiger partial charge on any atom is -0.435 e. The fourth-order valence-electron chi connectivity index (χ4n) is 2.57. The van der Waals surface area contributed by atoms with Crippen LogP contribution in [0.1, 0.15) is 12.5 Å². The lowest BCUT2D eigenvalue weighted by Crippen LogP contribution is -2.40. The molecule has 8 heteroatoms. The molecule has 0 bridgehead atoms. The highest BCUT2D eigenvalue weighted by molar-refractivity contribution is 5.79. The van der Waals surface area contributed by atoms with Gasteiger partial charge in [-0.2, -0.15) is 13.9 Å². The van der Waals surface area contributed by atoms with Gasteiger partial charge in [-0.25, -0.2) is 0 Å². The Labute approximate surface area is 152 Å². The second-order valence-electron chi connectivity index (χ2n) is 6.14. The van der Waals surface area contributed by atoms with Crippen LogP contribution in [0.2, 0.25) is 0 Å². The normalized spacial score (nSPS) is 12.9. The second-order valence-corrected chi connectivity index (χ2v) is 6.14. The largest absolute Gasteiger partial charge is 0.435 e. The fraction of sp³-hybridized carbons (Fsp3) is 0.444. The van der Waals surface area contributed by atoms with Gasteiger partial charge < -0.3 is 15.0 Å². The maximum atomic E-state index is 12.2. The van der Waals surface area contributed by atoms with E-state index in [9.17, 15) is 8.78 Å². The zero-order chi connectivity index (χ0) is 18.9. The molecule has 1 unspecified atom stereocenters. The molecule has 1 N–H and O–H groups in total. The van der Waals surface area contributed by atoms with Crippen molar-refractivity contribution >= 4 is 5.96 Å². The number of hydrogen-bond acceptors (Lipinski definition) is 3. The number of aromatic nitrogens is 2. The first-order valence-electron chi connectivity index (χ1n) is 8.41. The maximum Gasteiger partial charge on any atom is 0.387 e. The van der Waals surface area contributed by atoms with Gasteiger partial charge in [0.2, 0.25) is 0 Å². The van der Waals surface area contributed by atoms with Gasteiger partial charge in [-0.3, -0.25) is 9.67 Å². The summed E-state index contributed by atoms with van der Waals surface area (Å²) >= 11 is 0. The molecule has 1 aromatic heterocycles. The number of guanidine groups is 1. The molecular formula is C18H25F2N5O. The molecule has 1 heterocycles. The molecular weight excluding hydrogens is 340 g/mol. The van der Waals surface area contributed by atoms with E-state index in [-0.39, 0.29) is 5.75 Å². The fourth-order valence-corrected chi connectivity index (χ4v) is 2.57. The highest BCUT2D eigenvalue weighted by Crippen LogP contribution is 2.15. The monoisotopic (exact) mass is 365 g/mol. The van der Waals surface area contributed by atoms with Crippen LogP contribution in [0.3, 0.4) is 0 Å². The molecule has 0 aliphatic rings. The van der Waals surface area contributed by atoms with Crippen molar-refractivity contribution in [3.63, 3.8) is 0 Å². The van der Waals surface area contributed by atoms with Gasteiger partial charge in [0.1, 0.15) is 5.75 Å². The van der Waals surface area contributed by atoms with Crippen LogP contribution in [0.5, 0.6) is 5.75 Å². The summed E-state index contributed by atoms with van der Waals surface area (Å²) in [6, 6.07) is 8.52. The van der Waals surface area contributed by atoms with Crippen LogP contribution in [-0.2, 0) is 13.1 Å². The first kappa shape index (κ1) is 19.7. The van der Waals surface area contributed by atoms with Crippen LogP contribution in [0, 0.1) is 5.92 Å². The molecule has 0 amide bonds. The van der Waals surface area contributed by atoms with Crippen LogP contribution in [0.15, 0.2) is 47.7 Å². The zero-order valence-electron chi connectivity index (χ0n) is 15.3. The molecule has 0 spiro atoms. The Bertz CT molecular complexity index is 673. The predicted octanol–water partition coefficient (Wildman–Crippen LogP) is 2.83. The Morgan fingerprint density at radius 3 is 2.65 bits per heavy atom. The van der Waals surface area contributed by atoms with Crippen molar-refractivity contribution < 1.29 is 13.5 Å². The van der Waals surface area contributed by atoms with E-state index >= 15 is 0 Å². The summed E-state index contributed by atoms with van der Waals surface area (Å²) < 4.78 is 30.6. The van der Waals surface area contributed by atoms with E-state index < -0.39 is 6.61 Å². The van der Waals surface area contributed by atoms with E-state index in [0.29, 0.717) is 12.5 Å². The van der Waals surface area contributed by atoms with E-state index in [1.165, 1.54) is 12.1 Å². The molecule has 26 heavy (non-hydrogen) atoms. The Morgan fingerprint density at radius 1 is 1.35 bits per heavy atom. The van der Waals surface area contributed by atoms with Gasteiger partial charge in [-0.1, -0.05) is 19.1 Å². The van der Waals surface area contributed by atoms with Crippen LogP contribution in [0.4, 0.5) is 8.78 Å². The molecule has 2 rings (SSSR count). The van der Waals surface area contributed by atoms with E-state index in [1.807, 2.05) is 28.9 Å². The number of alkyl halides is 2. The Kier molecular flexibility index (Phi) is 7.37. The Hall–Kier alpha value is -2.64. The molecule has 1 aromatic carbocycles. The van der Waals surface area contributed by atoms with Crippen LogP contribution in [-0.4, -0.2) is 47.9 Å². The number of halogens is 2. The SMILES string of the molecule is CN=C(NCC(C)Cn1cccn1)N(C)Cc1ccc(OC(F)F)cc1. The summed E-state index contributed by atoms with van der Waals surface area (Å²) in [7, 11) is 3.66. The molecule has 6 nitrogen and oxygen atoms in total. The van der Waals surface area contributed by atoms with Crippen LogP contribution in [0.25, 0.3) is 0 Å². The average molecular weight is 365 g/mol. The molecule has 0 radical (unpaired) electrons. The molecule has 2 aromatic rings. The lowest BCUT2D eigenvalue weighted by molar-refractivity contribution is -0.0498. The van der Waals surface area contributed by atoms with E-state index in [1.54, 1.807) is 25.4 Å². The van der Waals surface area contributed by atoms with E-state index in [4.69, 9.17) is 0 Å². The molecule has 0 fully saturated rings. The third-order valence-electron chi connectivity index (χ3n) is 3.81. The quantitative estimate of drug-likeness (QED) is 0.577. The third kappa shape index (κ3) is 6.34. The zero-order valence-corrected chi connectivity index (χ0v) is 15.3. The highest BCUT2D eigenvalue weighted by atomic mass is 19.3. The maximum absolute atomic E-state index is 12.2. The number of nitrogens with one attached hydrogen (secondary N) is 1. The molecule has 0 saturated carbocycles. The lowest BCUT2D eigenvalue weighted by atomic mass is 10.2. The summed E-state index contributed by atoms with van der Waals surface area (Å²) in [6.45, 7) is 1.52. The Morgan fingerprint density at radius 2 is 2.08 bits per heavy atom. The summed E-state index contributed by atoms with van der Waals surface area (Å²) in [5, 5.41) is 7.56. The average Bonchev–Trinajstić information content (AvgIpc) is 3.09. The number of ether oxygens (including phenoxy) is 1. The minimum atomic E-state index is -2.81. The molecule has 142 valence electrons. The number of aliphatic imine (C=N–C) groups is 1. The van der Waals surface area contributed by atoms with E-state index in [0.717, 1.165) is 24.6 Å². The van der Waals surface area contributed by atoms with Crippen molar-refractivity contribution in [2.24, 2.45) is 10.9 Å². The van der Waals surface area contributed by atoms with Crippen molar-refractivity contribution in [3.8, 4) is 5.75 Å². The number of hydrogen-bond donors (Lipinski definition) is 1. The van der Waals surface area contributed by atoms with Gasteiger partial charge in [0, 0.05) is 46.1 Å². The van der Waals surface area contributed by atoms with Gasteiger partial charge in [0.25, 0.3) is 0 Å². The number of nitrogens with zero attached hydrogens (tertiary/aromatic N) is 4. The standard InChI is InChI=1S/C18H25F2N5O/c1-14(12-25-10-4-9-23-25)11-22-18(21-2)24(3)13-15-5-7-16(8-6-15)26-17(19)20/h4-10,14,17H,11-13H2,1-3H3,(H,21,22). The van der Waals surface area contributed by atoms with Crippen molar-refractivity contribution in [2.75, 3.05) is 20.6 Å². The summed E-state index contributed by atoms with van der Waals surface area (Å²) in [4.78, 5) is 6.27. The van der Waals surface area contributed by atoms with E-state index in [2.05, 4.69) is 27.1 Å². The molecule has 0 saturated heterocycles. The topological polar surface area (TPSA) is 54.7 Å². The Balaban J connectivity index is 1.83. The van der Waals surface area contributed by atoms with Crippen molar-refractivity contribution in [2.45, 2.75) is 26.6 Å². The summed E-state index contributed by atoms with van der Waals surface area (Å²) in [5.41, 5.74) is 0.974. The minimum absolute atomic E-state index is 0.154. The second kappa shape index (κ2) is 9.74. The molecule has 1 atom stereocenters. The smallest absolute Gasteiger partial charge is 0.387 e. The first-order chi connectivity index (χ1) is 12.5. The lowest BCUT2D eigenvalue weighted by Gasteiger charge is -2.24. The summed E-state index contributed by atoms with van der Waals surface area (Å²) in [5.74, 6) is 1.30. The molecule has 0 aliphatic carbocycles. The van der Waals surface area contributed by atoms with Crippen molar-refractivity contribution in [3.05, 3.63) is 48.3 Å². The van der Waals surface area contributed by atoms with Gasteiger partial charge >= 0.3 is 6.61 Å². The molecule has 0 aliphatic heterocycles. The van der Waals surface area contributed by atoms with Crippen molar-refractivity contribution in [1.82, 2.24) is 20.0 Å². The van der Waals surface area contributed by atoms with Gasteiger partial charge in [0.15, 0.2) is 5.96 Å². The van der Waals surface area contributed by atoms with Crippen molar-refractivity contribution in [1.29, 1.82) is 0 Å². The predicted molar refractivity (Wildman–Crippen MR) is 97.3 cm³/mol. The van der Waals surface area contributed by atoms with Gasteiger partial charge in [-0.15, -0.1) is 0 Å². The summed E-state index contributed by atoms with van der Waals surface area (Å²) in [6.07, 6.45) is 3.71. The first-order valence-corrected chi connectivity index (χ1v) is 8.41. The number of benzene rings is 1.